The van der Waals surface area contributed by atoms with Crippen LogP contribution < -0.4 is 5.32 Å². The van der Waals surface area contributed by atoms with Crippen LogP contribution in [0.25, 0.3) is 0 Å². The lowest BCUT2D eigenvalue weighted by atomic mass is 10.1. The topological polar surface area (TPSA) is 98.5 Å². The van der Waals surface area contributed by atoms with Crippen molar-refractivity contribution in [2.45, 2.75) is 13.0 Å². The van der Waals surface area contributed by atoms with Gasteiger partial charge in [0.15, 0.2) is 0 Å². The van der Waals surface area contributed by atoms with Crippen molar-refractivity contribution < 1.29 is 19.2 Å². The van der Waals surface area contributed by atoms with Gasteiger partial charge in [0.25, 0.3) is 11.6 Å². The Morgan fingerprint density at radius 3 is 2.48 bits per heavy atom. The van der Waals surface area contributed by atoms with Crippen LogP contribution in [0.4, 0.5) is 5.69 Å². The molecule has 0 bridgehead atoms. The molecule has 0 saturated carbocycles. The number of esters is 1. The summed E-state index contributed by atoms with van der Waals surface area (Å²) in [6.45, 7) is 1.75. The highest BCUT2D eigenvalue weighted by Crippen LogP contribution is 2.21. The number of halogens is 1. The maximum absolute atomic E-state index is 12.4. The van der Waals surface area contributed by atoms with Gasteiger partial charge in [0.05, 0.1) is 23.6 Å². The van der Waals surface area contributed by atoms with Gasteiger partial charge in [-0.3, -0.25) is 14.9 Å². The minimum absolute atomic E-state index is 0.0107. The number of nitrogens with one attached hydrogen (secondary N) is 1. The van der Waals surface area contributed by atoms with Crippen LogP contribution in [0.3, 0.4) is 0 Å². The predicted molar refractivity (Wildman–Crippen MR) is 91.8 cm³/mol. The Morgan fingerprint density at radius 2 is 1.88 bits per heavy atom. The Labute approximate surface area is 148 Å². The maximum atomic E-state index is 12.4. The van der Waals surface area contributed by atoms with Crippen LogP contribution >= 0.6 is 11.6 Å². The van der Waals surface area contributed by atoms with Crippen molar-refractivity contribution in [3.05, 3.63) is 74.3 Å². The van der Waals surface area contributed by atoms with Crippen LogP contribution in [0, 0.1) is 10.1 Å². The number of nitrogens with zero attached hydrogens (tertiary/aromatic N) is 1. The number of hydrogen-bond acceptors (Lipinski definition) is 5. The number of carbonyl (C=O) groups excluding carboxylic acids is 2. The van der Waals surface area contributed by atoms with Crippen molar-refractivity contribution in [1.82, 2.24) is 5.32 Å². The summed E-state index contributed by atoms with van der Waals surface area (Å²) in [5.41, 5.74) is 0.323. The molecule has 0 aliphatic heterocycles. The monoisotopic (exact) mass is 362 g/mol. The Bertz CT molecular complexity index is 838. The average Bonchev–Trinajstić information content (AvgIpc) is 2.60. The minimum Gasteiger partial charge on any atom is -0.465 e. The van der Waals surface area contributed by atoms with E-state index in [4.69, 9.17) is 11.6 Å². The Morgan fingerprint density at radius 1 is 1.20 bits per heavy atom. The van der Waals surface area contributed by atoms with Gasteiger partial charge in [-0.05, 0) is 30.7 Å². The maximum Gasteiger partial charge on any atom is 0.338 e. The lowest BCUT2D eigenvalue weighted by Gasteiger charge is -2.15. The van der Waals surface area contributed by atoms with E-state index in [0.29, 0.717) is 5.02 Å². The molecule has 0 radical (unpaired) electrons. The summed E-state index contributed by atoms with van der Waals surface area (Å²) in [6.07, 6.45) is 0. The first-order valence-electron chi connectivity index (χ1n) is 7.26. The summed E-state index contributed by atoms with van der Waals surface area (Å²) >= 11 is 5.93. The molecule has 25 heavy (non-hydrogen) atoms. The fourth-order valence-corrected chi connectivity index (χ4v) is 2.42. The van der Waals surface area contributed by atoms with Crippen molar-refractivity contribution in [3.63, 3.8) is 0 Å². The predicted octanol–water partition coefficient (Wildman–Crippen LogP) is 3.53. The molecule has 0 spiro atoms. The smallest absolute Gasteiger partial charge is 0.338 e. The van der Waals surface area contributed by atoms with Gasteiger partial charge in [-0.25, -0.2) is 4.79 Å². The molecule has 0 heterocycles. The van der Waals surface area contributed by atoms with Crippen LogP contribution in [0.1, 0.15) is 39.2 Å². The van der Waals surface area contributed by atoms with Gasteiger partial charge in [-0.2, -0.15) is 0 Å². The summed E-state index contributed by atoms with van der Waals surface area (Å²) in [5, 5.41) is 14.3. The van der Waals surface area contributed by atoms with Crippen molar-refractivity contribution in [3.8, 4) is 0 Å². The Hall–Kier alpha value is -2.93. The van der Waals surface area contributed by atoms with Crippen molar-refractivity contribution in [2.75, 3.05) is 7.11 Å². The summed E-state index contributed by atoms with van der Waals surface area (Å²) in [6, 6.07) is 10.00. The third-order valence-corrected chi connectivity index (χ3v) is 3.74. The first kappa shape index (κ1) is 18.4. The highest BCUT2D eigenvalue weighted by Gasteiger charge is 2.19. The lowest BCUT2D eigenvalue weighted by Crippen LogP contribution is -2.27. The molecule has 7 nitrogen and oxygen atoms in total. The van der Waals surface area contributed by atoms with Crippen LogP contribution in [-0.4, -0.2) is 23.9 Å². The molecule has 0 aliphatic carbocycles. The molecule has 1 atom stereocenters. The third-order valence-electron chi connectivity index (χ3n) is 3.51. The van der Waals surface area contributed by atoms with Gasteiger partial charge in [0, 0.05) is 22.7 Å². The molecule has 2 aromatic carbocycles. The minimum atomic E-state index is -0.763. The Kier molecular flexibility index (Phi) is 5.71. The summed E-state index contributed by atoms with van der Waals surface area (Å²) in [7, 11) is 1.15. The second-order valence-corrected chi connectivity index (χ2v) is 5.70. The van der Waals surface area contributed by atoms with Gasteiger partial charge in [-0.15, -0.1) is 0 Å². The number of rotatable bonds is 5. The van der Waals surface area contributed by atoms with Crippen molar-refractivity contribution in [1.29, 1.82) is 0 Å². The van der Waals surface area contributed by atoms with E-state index < -0.39 is 16.8 Å². The summed E-state index contributed by atoms with van der Waals surface area (Å²) < 4.78 is 4.56. The molecular weight excluding hydrogens is 348 g/mol. The fourth-order valence-electron chi connectivity index (χ4n) is 2.22. The molecule has 0 saturated heterocycles. The SMILES string of the molecule is COC(=O)c1cc(C(=O)NC(C)c2cccc(Cl)c2)cc([N+](=O)[O-])c1. The van der Waals surface area contributed by atoms with Crippen LogP contribution in [-0.2, 0) is 4.74 Å². The molecule has 0 aliphatic rings. The van der Waals surface area contributed by atoms with Crippen LogP contribution in [0.15, 0.2) is 42.5 Å². The van der Waals surface area contributed by atoms with E-state index in [1.165, 1.54) is 6.07 Å². The van der Waals surface area contributed by atoms with Crippen LogP contribution in [0.2, 0.25) is 5.02 Å². The number of carbonyl (C=O) groups is 2. The largest absolute Gasteiger partial charge is 0.465 e. The van der Waals surface area contributed by atoms with Gasteiger partial charge >= 0.3 is 5.97 Å². The first-order chi connectivity index (χ1) is 11.8. The zero-order valence-corrected chi connectivity index (χ0v) is 14.2. The first-order valence-corrected chi connectivity index (χ1v) is 7.63. The quantitative estimate of drug-likeness (QED) is 0.498. The van der Waals surface area contributed by atoms with Gasteiger partial charge in [-0.1, -0.05) is 23.7 Å². The number of nitro benzene ring substituents is 1. The number of benzene rings is 2. The van der Waals surface area contributed by atoms with Crippen molar-refractivity contribution >= 4 is 29.2 Å². The number of methoxy groups -OCH3 is 1. The highest BCUT2D eigenvalue weighted by atomic mass is 35.5. The number of amides is 1. The van der Waals surface area contributed by atoms with Gasteiger partial charge < -0.3 is 10.1 Å². The highest BCUT2D eigenvalue weighted by molar-refractivity contribution is 6.30. The number of non-ortho nitro benzene ring substituents is 1. The molecule has 0 aromatic heterocycles. The van der Waals surface area contributed by atoms with E-state index in [-0.39, 0.29) is 22.9 Å². The lowest BCUT2D eigenvalue weighted by molar-refractivity contribution is -0.384. The van der Waals surface area contributed by atoms with Crippen molar-refractivity contribution in [2.24, 2.45) is 0 Å². The standard InChI is InChI=1S/C17H15ClN2O5/c1-10(11-4-3-5-14(18)7-11)19-16(21)12-6-13(17(22)25-2)9-15(8-12)20(23)24/h3-10H,1-2H3,(H,19,21). The molecule has 8 heteroatoms. The molecule has 2 rings (SSSR count). The van der Waals surface area contributed by atoms with Crippen LogP contribution in [0.5, 0.6) is 0 Å². The molecule has 1 amide bonds. The van der Waals surface area contributed by atoms with E-state index in [1.54, 1.807) is 31.2 Å². The third kappa shape index (κ3) is 4.54. The van der Waals surface area contributed by atoms with E-state index in [1.807, 2.05) is 0 Å². The second kappa shape index (κ2) is 7.76. The van der Waals surface area contributed by atoms with E-state index in [9.17, 15) is 19.7 Å². The Balaban J connectivity index is 2.30. The molecule has 2 aromatic rings. The van der Waals surface area contributed by atoms with Gasteiger partial charge in [0.2, 0.25) is 0 Å². The van der Waals surface area contributed by atoms with E-state index >= 15 is 0 Å². The fraction of sp³-hybridized carbons (Fsp3) is 0.176. The molecule has 1 N–H and O–H groups in total. The zero-order chi connectivity index (χ0) is 18.6. The average molecular weight is 363 g/mol. The number of hydrogen-bond donors (Lipinski definition) is 1. The zero-order valence-electron chi connectivity index (χ0n) is 13.5. The van der Waals surface area contributed by atoms with Gasteiger partial charge in [0.1, 0.15) is 0 Å². The normalized spacial score (nSPS) is 11.5. The molecular formula is C17H15ClN2O5. The molecule has 130 valence electrons. The van der Waals surface area contributed by atoms with E-state index in [2.05, 4.69) is 10.1 Å². The second-order valence-electron chi connectivity index (χ2n) is 5.27. The molecule has 0 fully saturated rings. The number of nitro groups is 1. The summed E-state index contributed by atoms with van der Waals surface area (Å²) in [5.74, 6) is -1.32. The van der Waals surface area contributed by atoms with E-state index in [0.717, 1.165) is 24.8 Å². The summed E-state index contributed by atoms with van der Waals surface area (Å²) in [4.78, 5) is 34.4. The number of ether oxygens (including phenoxy) is 1. The molecule has 1 unspecified atom stereocenters.